The molecule has 2 heterocycles. The van der Waals surface area contributed by atoms with Gasteiger partial charge in [-0.05, 0) is 73.1 Å². The molecule has 3 fully saturated rings. The zero-order valence-electron chi connectivity index (χ0n) is 20.3. The molecule has 5 atom stereocenters. The maximum absolute atomic E-state index is 13.1. The number of imide groups is 1. The molecule has 7 heteroatoms. The standard InChI is InChI=1S/C29H28N2O5/c1-3-17-4-8-21(9-5-17)30-15-20(14-24(30)32)29(35)36-22-10-11-23(16(2)12-22)31-27(33)25-18-6-7-19(13-18)26(25)28(31)34/h4-12,18-20,25-26H,3,13-15H2,1-2H3/t18-,19-,20+,25+,26+/m0/s1. The Morgan fingerprint density at radius 1 is 0.972 bits per heavy atom. The number of rotatable bonds is 5. The summed E-state index contributed by atoms with van der Waals surface area (Å²) in [5.74, 6) is -1.27. The van der Waals surface area contributed by atoms with Crippen molar-refractivity contribution in [2.24, 2.45) is 29.6 Å². The number of aryl methyl sites for hydroxylation is 2. The second kappa shape index (κ2) is 8.43. The van der Waals surface area contributed by atoms with Gasteiger partial charge in [0.1, 0.15) is 5.75 Å². The lowest BCUT2D eigenvalue weighted by Crippen LogP contribution is -2.33. The molecule has 2 aromatic rings. The van der Waals surface area contributed by atoms with Gasteiger partial charge in [0.15, 0.2) is 0 Å². The fourth-order valence-electron chi connectivity index (χ4n) is 6.31. The van der Waals surface area contributed by atoms with Gasteiger partial charge in [0.25, 0.3) is 0 Å². The van der Waals surface area contributed by atoms with E-state index in [0.29, 0.717) is 17.0 Å². The summed E-state index contributed by atoms with van der Waals surface area (Å²) >= 11 is 0. The highest BCUT2D eigenvalue weighted by molar-refractivity contribution is 6.23. The Bertz CT molecular complexity index is 1280. The summed E-state index contributed by atoms with van der Waals surface area (Å²) in [6, 6.07) is 12.7. The van der Waals surface area contributed by atoms with E-state index in [2.05, 4.69) is 19.1 Å². The van der Waals surface area contributed by atoms with Gasteiger partial charge in [-0.3, -0.25) is 19.2 Å². The van der Waals surface area contributed by atoms with Crippen LogP contribution in [-0.4, -0.2) is 30.2 Å². The SMILES string of the molecule is CCc1ccc(N2C[C@H](C(=O)Oc3ccc(N4C(=O)[C@H]5[C@H](C4=O)[C@H]4C=C[C@H]5C4)c(C)c3)CC2=O)cc1. The number of hydrogen-bond acceptors (Lipinski definition) is 5. The Balaban J connectivity index is 1.14. The highest BCUT2D eigenvalue weighted by Crippen LogP contribution is 2.53. The van der Waals surface area contributed by atoms with Crippen LogP contribution >= 0.6 is 0 Å². The number of hydrogen-bond donors (Lipinski definition) is 0. The number of fused-ring (bicyclic) bond motifs is 5. The molecular formula is C29H28N2O5. The van der Waals surface area contributed by atoms with Gasteiger partial charge in [-0.25, -0.2) is 4.90 Å². The Kier molecular flexibility index (Phi) is 5.32. The number of carbonyl (C=O) groups is 4. The van der Waals surface area contributed by atoms with Crippen molar-refractivity contribution in [3.8, 4) is 5.75 Å². The topological polar surface area (TPSA) is 84.0 Å². The van der Waals surface area contributed by atoms with Crippen molar-refractivity contribution in [1.29, 1.82) is 0 Å². The lowest BCUT2D eigenvalue weighted by molar-refractivity contribution is -0.139. The van der Waals surface area contributed by atoms with Crippen LogP contribution in [0.5, 0.6) is 5.75 Å². The molecule has 4 aliphatic rings. The molecule has 2 aliphatic heterocycles. The first-order chi connectivity index (χ1) is 17.4. The van der Waals surface area contributed by atoms with Crippen LogP contribution in [0.25, 0.3) is 0 Å². The van der Waals surface area contributed by atoms with Gasteiger partial charge in [0.05, 0.1) is 23.4 Å². The first-order valence-corrected chi connectivity index (χ1v) is 12.6. The van der Waals surface area contributed by atoms with E-state index < -0.39 is 11.9 Å². The molecule has 6 rings (SSSR count). The van der Waals surface area contributed by atoms with Crippen molar-refractivity contribution in [3.63, 3.8) is 0 Å². The Morgan fingerprint density at radius 2 is 1.64 bits per heavy atom. The van der Waals surface area contributed by atoms with Crippen LogP contribution < -0.4 is 14.5 Å². The summed E-state index contributed by atoms with van der Waals surface area (Å²) in [5.41, 5.74) is 3.18. The predicted molar refractivity (Wildman–Crippen MR) is 133 cm³/mol. The van der Waals surface area contributed by atoms with E-state index in [1.54, 1.807) is 30.0 Å². The quantitative estimate of drug-likeness (QED) is 0.279. The second-order valence-electron chi connectivity index (χ2n) is 10.3. The zero-order valence-corrected chi connectivity index (χ0v) is 20.3. The summed E-state index contributed by atoms with van der Waals surface area (Å²) in [6.45, 7) is 4.15. The van der Waals surface area contributed by atoms with Crippen LogP contribution in [0.3, 0.4) is 0 Å². The van der Waals surface area contributed by atoms with Crippen molar-refractivity contribution in [3.05, 3.63) is 65.7 Å². The maximum atomic E-state index is 13.1. The van der Waals surface area contributed by atoms with E-state index in [9.17, 15) is 19.2 Å². The molecule has 0 N–H and O–H groups in total. The summed E-state index contributed by atoms with van der Waals surface area (Å²) in [6.07, 6.45) is 6.05. The van der Waals surface area contributed by atoms with Crippen LogP contribution in [0.15, 0.2) is 54.6 Å². The van der Waals surface area contributed by atoms with Crippen molar-refractivity contribution in [2.75, 3.05) is 16.3 Å². The first kappa shape index (κ1) is 22.7. The fourth-order valence-corrected chi connectivity index (χ4v) is 6.31. The third kappa shape index (κ3) is 3.48. The average Bonchev–Trinajstić information content (AvgIpc) is 3.64. The smallest absolute Gasteiger partial charge is 0.316 e. The minimum Gasteiger partial charge on any atom is -0.426 e. The van der Waals surface area contributed by atoms with Crippen molar-refractivity contribution in [2.45, 2.75) is 33.1 Å². The molecule has 0 spiro atoms. The average molecular weight is 485 g/mol. The molecule has 0 radical (unpaired) electrons. The van der Waals surface area contributed by atoms with Crippen molar-refractivity contribution >= 4 is 35.1 Å². The lowest BCUT2D eigenvalue weighted by atomic mass is 9.85. The number of anilines is 2. The van der Waals surface area contributed by atoms with Gasteiger partial charge in [-0.1, -0.05) is 31.2 Å². The van der Waals surface area contributed by atoms with Gasteiger partial charge in [-0.15, -0.1) is 0 Å². The van der Waals surface area contributed by atoms with Crippen LogP contribution in [0.2, 0.25) is 0 Å². The Morgan fingerprint density at radius 3 is 2.25 bits per heavy atom. The van der Waals surface area contributed by atoms with Gasteiger partial charge in [0, 0.05) is 18.7 Å². The van der Waals surface area contributed by atoms with Gasteiger partial charge >= 0.3 is 5.97 Å². The van der Waals surface area contributed by atoms with Crippen molar-refractivity contribution in [1.82, 2.24) is 0 Å². The van der Waals surface area contributed by atoms with E-state index in [1.807, 2.05) is 24.3 Å². The third-order valence-electron chi connectivity index (χ3n) is 8.21. The number of benzene rings is 2. The minimum atomic E-state index is -0.563. The minimum absolute atomic E-state index is 0.0986. The molecule has 7 nitrogen and oxygen atoms in total. The van der Waals surface area contributed by atoms with E-state index in [0.717, 1.165) is 18.5 Å². The van der Waals surface area contributed by atoms with Crippen molar-refractivity contribution < 1.29 is 23.9 Å². The number of ether oxygens (including phenoxy) is 1. The molecular weight excluding hydrogens is 456 g/mol. The number of amides is 3. The molecule has 1 saturated carbocycles. The third-order valence-corrected chi connectivity index (χ3v) is 8.21. The normalized spacial score (nSPS) is 28.4. The molecule has 0 unspecified atom stereocenters. The van der Waals surface area contributed by atoms with Gasteiger partial charge in [0.2, 0.25) is 17.7 Å². The maximum Gasteiger partial charge on any atom is 0.316 e. The van der Waals surface area contributed by atoms with E-state index in [-0.39, 0.29) is 54.4 Å². The predicted octanol–water partition coefficient (Wildman–Crippen LogP) is 3.83. The molecule has 184 valence electrons. The summed E-state index contributed by atoms with van der Waals surface area (Å²) in [7, 11) is 0. The summed E-state index contributed by atoms with van der Waals surface area (Å²) in [5, 5.41) is 0. The van der Waals surface area contributed by atoms with E-state index in [1.165, 1.54) is 10.5 Å². The van der Waals surface area contributed by atoms with Gasteiger partial charge < -0.3 is 9.64 Å². The Labute approximate surface area is 209 Å². The molecule has 2 bridgehead atoms. The molecule has 3 amide bonds. The second-order valence-corrected chi connectivity index (χ2v) is 10.3. The molecule has 36 heavy (non-hydrogen) atoms. The number of esters is 1. The number of nitrogens with zero attached hydrogens (tertiary/aromatic N) is 2. The van der Waals surface area contributed by atoms with Crippen LogP contribution in [0.4, 0.5) is 11.4 Å². The van der Waals surface area contributed by atoms with Crippen LogP contribution in [0, 0.1) is 36.5 Å². The van der Waals surface area contributed by atoms with E-state index >= 15 is 0 Å². The number of carbonyl (C=O) groups excluding carboxylic acids is 4. The Hall–Kier alpha value is -3.74. The summed E-state index contributed by atoms with van der Waals surface area (Å²) < 4.78 is 5.62. The largest absolute Gasteiger partial charge is 0.426 e. The zero-order chi connectivity index (χ0) is 25.1. The van der Waals surface area contributed by atoms with E-state index in [4.69, 9.17) is 4.74 Å². The first-order valence-electron chi connectivity index (χ1n) is 12.6. The highest BCUT2D eigenvalue weighted by Gasteiger charge is 2.59. The molecule has 2 aromatic carbocycles. The van der Waals surface area contributed by atoms with Gasteiger partial charge in [-0.2, -0.15) is 0 Å². The fraction of sp³-hybridized carbons (Fsp3) is 0.379. The monoisotopic (exact) mass is 484 g/mol. The molecule has 0 aromatic heterocycles. The molecule has 2 aliphatic carbocycles. The lowest BCUT2D eigenvalue weighted by Gasteiger charge is -2.20. The highest BCUT2D eigenvalue weighted by atomic mass is 16.5. The number of allylic oxidation sites excluding steroid dienone is 2. The van der Waals surface area contributed by atoms with Crippen LogP contribution in [-0.2, 0) is 25.6 Å². The summed E-state index contributed by atoms with van der Waals surface area (Å²) in [4.78, 5) is 54.7. The molecule has 2 saturated heterocycles. The van der Waals surface area contributed by atoms with Crippen LogP contribution in [0.1, 0.15) is 30.9 Å².